The number of pyridine rings is 1. The lowest BCUT2D eigenvalue weighted by molar-refractivity contribution is 0.256. The largest absolute Gasteiger partial charge is 0.506 e. The molecule has 1 aromatic heterocycles. The molecule has 22 heavy (non-hydrogen) atoms. The van der Waals surface area contributed by atoms with E-state index in [2.05, 4.69) is 39.1 Å². The SMILES string of the molecule is CN=Cc1nc(CCN2CCc3ccccc3C2)ccc1O. The van der Waals surface area contributed by atoms with E-state index < -0.39 is 0 Å². The molecule has 2 heterocycles. The predicted molar refractivity (Wildman–Crippen MR) is 88.5 cm³/mol. The number of aliphatic imine (C=N–C) groups is 1. The van der Waals surface area contributed by atoms with Crippen molar-refractivity contribution < 1.29 is 5.11 Å². The Bertz CT molecular complexity index is 682. The zero-order valence-corrected chi connectivity index (χ0v) is 12.9. The highest BCUT2D eigenvalue weighted by atomic mass is 16.3. The van der Waals surface area contributed by atoms with Crippen LogP contribution in [-0.4, -0.2) is 41.3 Å². The number of aromatic nitrogens is 1. The predicted octanol–water partition coefficient (Wildman–Crippen LogP) is 2.44. The maximum absolute atomic E-state index is 9.73. The molecule has 0 radical (unpaired) electrons. The van der Waals surface area contributed by atoms with E-state index in [9.17, 15) is 5.11 Å². The van der Waals surface area contributed by atoms with Crippen LogP contribution < -0.4 is 0 Å². The fourth-order valence-electron chi connectivity index (χ4n) is 2.88. The first kappa shape index (κ1) is 14.7. The lowest BCUT2D eigenvalue weighted by Crippen LogP contribution is -2.32. The second kappa shape index (κ2) is 6.71. The molecule has 1 N–H and O–H groups in total. The summed E-state index contributed by atoms with van der Waals surface area (Å²) in [4.78, 5) is 10.9. The maximum atomic E-state index is 9.73. The molecule has 1 aliphatic rings. The summed E-state index contributed by atoms with van der Waals surface area (Å²) in [5, 5.41) is 9.73. The Morgan fingerprint density at radius 1 is 1.23 bits per heavy atom. The highest BCUT2D eigenvalue weighted by molar-refractivity contribution is 5.80. The van der Waals surface area contributed by atoms with Gasteiger partial charge < -0.3 is 5.11 Å². The summed E-state index contributed by atoms with van der Waals surface area (Å²) in [5.74, 6) is 0.182. The first-order valence-corrected chi connectivity index (χ1v) is 7.66. The highest BCUT2D eigenvalue weighted by Gasteiger charge is 2.15. The van der Waals surface area contributed by atoms with Gasteiger partial charge in [-0.2, -0.15) is 0 Å². The van der Waals surface area contributed by atoms with Crippen molar-refractivity contribution in [1.82, 2.24) is 9.88 Å². The summed E-state index contributed by atoms with van der Waals surface area (Å²) in [5.41, 5.74) is 4.45. The average molecular weight is 295 g/mol. The van der Waals surface area contributed by atoms with E-state index in [0.717, 1.165) is 38.2 Å². The molecule has 0 spiro atoms. The molecule has 114 valence electrons. The second-order valence-corrected chi connectivity index (χ2v) is 5.64. The van der Waals surface area contributed by atoms with Gasteiger partial charge in [0.1, 0.15) is 11.4 Å². The Kier molecular flexibility index (Phi) is 4.49. The molecule has 0 atom stereocenters. The Labute approximate surface area is 131 Å². The Morgan fingerprint density at radius 3 is 2.86 bits per heavy atom. The van der Waals surface area contributed by atoms with Crippen molar-refractivity contribution in [2.45, 2.75) is 19.4 Å². The number of hydrogen-bond acceptors (Lipinski definition) is 4. The normalized spacial score (nSPS) is 15.1. The molecule has 0 saturated heterocycles. The maximum Gasteiger partial charge on any atom is 0.142 e. The molecule has 0 amide bonds. The minimum Gasteiger partial charge on any atom is -0.506 e. The van der Waals surface area contributed by atoms with Crippen LogP contribution in [0.1, 0.15) is 22.5 Å². The van der Waals surface area contributed by atoms with Gasteiger partial charge in [0.15, 0.2) is 0 Å². The summed E-state index contributed by atoms with van der Waals surface area (Å²) >= 11 is 0. The Morgan fingerprint density at radius 2 is 2.05 bits per heavy atom. The fourth-order valence-corrected chi connectivity index (χ4v) is 2.88. The van der Waals surface area contributed by atoms with Gasteiger partial charge in [-0.3, -0.25) is 9.89 Å². The van der Waals surface area contributed by atoms with Gasteiger partial charge >= 0.3 is 0 Å². The first-order valence-electron chi connectivity index (χ1n) is 7.66. The fraction of sp³-hybridized carbons (Fsp3) is 0.333. The molecule has 4 heteroatoms. The summed E-state index contributed by atoms with van der Waals surface area (Å²) < 4.78 is 0. The van der Waals surface area contributed by atoms with E-state index in [1.807, 2.05) is 6.07 Å². The van der Waals surface area contributed by atoms with Crippen LogP contribution in [0.5, 0.6) is 5.75 Å². The van der Waals surface area contributed by atoms with Gasteiger partial charge in [0.05, 0.1) is 6.21 Å². The molecule has 0 aliphatic carbocycles. The van der Waals surface area contributed by atoms with Gasteiger partial charge in [-0.1, -0.05) is 24.3 Å². The summed E-state index contributed by atoms with van der Waals surface area (Å²) in [6, 6.07) is 12.3. The van der Waals surface area contributed by atoms with Gasteiger partial charge in [-0.05, 0) is 29.7 Å². The monoisotopic (exact) mass is 295 g/mol. The van der Waals surface area contributed by atoms with Crippen molar-refractivity contribution in [2.24, 2.45) is 4.99 Å². The molecule has 0 fully saturated rings. The van der Waals surface area contributed by atoms with Crippen molar-refractivity contribution in [3.8, 4) is 5.75 Å². The lowest BCUT2D eigenvalue weighted by atomic mass is 10.00. The van der Waals surface area contributed by atoms with Crippen LogP contribution in [0.15, 0.2) is 41.4 Å². The van der Waals surface area contributed by atoms with Crippen molar-refractivity contribution in [2.75, 3.05) is 20.1 Å². The molecule has 1 aromatic carbocycles. The van der Waals surface area contributed by atoms with Crippen LogP contribution in [0.25, 0.3) is 0 Å². The van der Waals surface area contributed by atoms with Crippen molar-refractivity contribution >= 4 is 6.21 Å². The van der Waals surface area contributed by atoms with E-state index in [0.29, 0.717) is 5.69 Å². The summed E-state index contributed by atoms with van der Waals surface area (Å²) in [7, 11) is 1.68. The minimum absolute atomic E-state index is 0.182. The van der Waals surface area contributed by atoms with Crippen molar-refractivity contribution in [3.63, 3.8) is 0 Å². The number of hydrogen-bond donors (Lipinski definition) is 1. The molecule has 0 unspecified atom stereocenters. The minimum atomic E-state index is 0.182. The van der Waals surface area contributed by atoms with Crippen LogP contribution in [0.3, 0.4) is 0 Å². The van der Waals surface area contributed by atoms with Crippen LogP contribution in [0, 0.1) is 0 Å². The van der Waals surface area contributed by atoms with E-state index in [1.165, 1.54) is 11.1 Å². The van der Waals surface area contributed by atoms with Gasteiger partial charge in [0.25, 0.3) is 0 Å². The second-order valence-electron chi connectivity index (χ2n) is 5.64. The van der Waals surface area contributed by atoms with Gasteiger partial charge in [-0.15, -0.1) is 0 Å². The quantitative estimate of drug-likeness (QED) is 0.881. The number of nitrogens with zero attached hydrogens (tertiary/aromatic N) is 3. The Balaban J connectivity index is 1.63. The van der Waals surface area contributed by atoms with E-state index >= 15 is 0 Å². The van der Waals surface area contributed by atoms with Gasteiger partial charge in [-0.25, -0.2) is 4.98 Å². The third kappa shape index (κ3) is 3.34. The molecule has 3 rings (SSSR count). The van der Waals surface area contributed by atoms with Crippen LogP contribution >= 0.6 is 0 Å². The molecule has 1 aliphatic heterocycles. The summed E-state index contributed by atoms with van der Waals surface area (Å²) in [6.07, 6.45) is 3.59. The third-order valence-electron chi connectivity index (χ3n) is 4.11. The molecule has 0 bridgehead atoms. The van der Waals surface area contributed by atoms with Crippen LogP contribution in [0.4, 0.5) is 0 Å². The van der Waals surface area contributed by atoms with Crippen LogP contribution in [0.2, 0.25) is 0 Å². The lowest BCUT2D eigenvalue weighted by Gasteiger charge is -2.28. The Hall–Kier alpha value is -2.20. The van der Waals surface area contributed by atoms with Crippen LogP contribution in [-0.2, 0) is 19.4 Å². The first-order chi connectivity index (χ1) is 10.8. The summed E-state index contributed by atoms with van der Waals surface area (Å²) in [6.45, 7) is 3.09. The highest BCUT2D eigenvalue weighted by Crippen LogP contribution is 2.19. The molecule has 2 aromatic rings. The topological polar surface area (TPSA) is 48.7 Å². The van der Waals surface area contributed by atoms with E-state index in [4.69, 9.17) is 0 Å². The van der Waals surface area contributed by atoms with E-state index in [-0.39, 0.29) is 5.75 Å². The van der Waals surface area contributed by atoms with Gasteiger partial charge in [0, 0.05) is 38.8 Å². The molecular weight excluding hydrogens is 274 g/mol. The third-order valence-corrected chi connectivity index (χ3v) is 4.11. The van der Waals surface area contributed by atoms with Gasteiger partial charge in [0.2, 0.25) is 0 Å². The van der Waals surface area contributed by atoms with E-state index in [1.54, 1.807) is 19.3 Å². The zero-order valence-electron chi connectivity index (χ0n) is 12.9. The number of aromatic hydroxyl groups is 1. The number of fused-ring (bicyclic) bond motifs is 1. The molecule has 0 saturated carbocycles. The molecular formula is C18H21N3O. The van der Waals surface area contributed by atoms with Crippen molar-refractivity contribution in [1.29, 1.82) is 0 Å². The number of rotatable bonds is 4. The van der Waals surface area contributed by atoms with Crippen molar-refractivity contribution in [3.05, 3.63) is 58.9 Å². The number of benzene rings is 1. The zero-order chi connectivity index (χ0) is 15.4. The smallest absolute Gasteiger partial charge is 0.142 e. The average Bonchev–Trinajstić information content (AvgIpc) is 2.55. The standard InChI is InChI=1S/C18H21N3O/c1-19-12-17-18(22)7-6-16(20-17)9-11-21-10-8-14-4-2-3-5-15(14)13-21/h2-7,12,22H,8-11,13H2,1H3. The molecule has 4 nitrogen and oxygen atoms in total.